The molecule has 29 nitrogen and oxygen atoms in total. The monoisotopic (exact) mass is 1140 g/mol. The van der Waals surface area contributed by atoms with E-state index in [9.17, 15) is 52.7 Å². The lowest BCUT2D eigenvalue weighted by Crippen LogP contribution is -2.72. The number of esters is 10. The SMILES string of the molecule is COC(=O)[C@@]1(O[C@H]2[C@@H](OC(C)=O)[C@@H](COC(C)=O)O[C@@H](O[C@@H]3COC(OC(=N)C(Cl)(Cl)Cl)[C@H](OC(C)=O)[C@H]3OC(C)=O)[C@@H]2OC(C)=O)C[C@H](OC(C)=O)[C@@H](NC(C)=O)[C@H]([C@H](OC(C)=O)[C@@H](COC(C)=O)OC(C)=O)O1. The molecule has 3 saturated heterocycles. The normalized spacial score (nSPS) is 29.2. The number of ether oxygens (including phenoxy) is 16. The van der Waals surface area contributed by atoms with Crippen LogP contribution in [0.1, 0.15) is 75.7 Å². The molecule has 3 aliphatic heterocycles. The third-order valence-corrected chi connectivity index (χ3v) is 10.8. The van der Waals surface area contributed by atoms with Crippen molar-refractivity contribution in [2.24, 2.45) is 0 Å². The van der Waals surface area contributed by atoms with Gasteiger partial charge in [-0.25, -0.2) is 4.79 Å². The van der Waals surface area contributed by atoms with E-state index in [-0.39, 0.29) is 0 Å². The first-order chi connectivity index (χ1) is 34.8. The Labute approximate surface area is 442 Å². The summed E-state index contributed by atoms with van der Waals surface area (Å²) in [5, 5.41) is 10.6. The van der Waals surface area contributed by atoms with Crippen LogP contribution in [0.4, 0.5) is 0 Å². The lowest BCUT2D eigenvalue weighted by atomic mass is 9.87. The summed E-state index contributed by atoms with van der Waals surface area (Å²) in [5.74, 6) is -16.0. The van der Waals surface area contributed by atoms with E-state index in [4.69, 9.17) is 116 Å². The van der Waals surface area contributed by atoms with Gasteiger partial charge in [0.2, 0.25) is 24.2 Å². The zero-order chi connectivity index (χ0) is 56.9. The minimum absolute atomic E-state index is 0.756. The summed E-state index contributed by atoms with van der Waals surface area (Å²) in [7, 11) is 0.828. The van der Waals surface area contributed by atoms with Crippen molar-refractivity contribution in [1.82, 2.24) is 5.32 Å². The van der Waals surface area contributed by atoms with Crippen LogP contribution in [-0.2, 0) is 129 Å². The van der Waals surface area contributed by atoms with Gasteiger partial charge in [0, 0.05) is 69.2 Å². The molecule has 0 aromatic rings. The Kier molecular flexibility index (Phi) is 23.7. The summed E-state index contributed by atoms with van der Waals surface area (Å²) in [6, 6.07) is -1.70. The number of rotatable bonds is 20. The topological polar surface area (TPSA) is 371 Å². The van der Waals surface area contributed by atoms with Crippen LogP contribution < -0.4 is 5.32 Å². The molecule has 422 valence electrons. The van der Waals surface area contributed by atoms with Crippen LogP contribution in [0.5, 0.6) is 0 Å². The van der Waals surface area contributed by atoms with Crippen molar-refractivity contribution in [2.75, 3.05) is 26.9 Å². The van der Waals surface area contributed by atoms with Crippen molar-refractivity contribution < 1.29 is 129 Å². The molecule has 3 rings (SSSR count). The van der Waals surface area contributed by atoms with Gasteiger partial charge < -0.3 is 81.1 Å². The number of nitrogens with one attached hydrogen (secondary N) is 2. The lowest BCUT2D eigenvalue weighted by Gasteiger charge is -2.52. The molecule has 1 amide bonds. The Morgan fingerprint density at radius 2 is 1.15 bits per heavy atom. The molecule has 3 aliphatic rings. The summed E-state index contributed by atoms with van der Waals surface area (Å²) >= 11 is 17.5. The molecule has 0 radical (unpaired) electrons. The van der Waals surface area contributed by atoms with Crippen LogP contribution in [0.3, 0.4) is 0 Å². The third kappa shape index (κ3) is 18.8. The standard InChI is InChI=1S/C43H57Cl3N2O27/c1-16(49)48-30-26(64-19(4)52)12-42(41(59)60-11,74-34(30)31(66-21(6)54)27(65-20(5)53)13-61-17(2)50)75-35-32(67-22(7)55)28(14-62-18(3)51)71-39(37(35)70-25(10)58)72-29-15-63-38(73-40(47)43(44,45)46)36(69-24(9)57)33(29)68-23(8)56/h26-39,47H,12-15H2,1-11H3,(H,48,49)/t26-,27+,28+,29+,30+,31+,32-,33-,34+,35-,36+,37+,38?,39-,42-/m0/s1. The van der Waals surface area contributed by atoms with Gasteiger partial charge in [-0.1, -0.05) is 34.8 Å². The van der Waals surface area contributed by atoms with Gasteiger partial charge in [0.25, 0.3) is 9.58 Å². The van der Waals surface area contributed by atoms with Crippen LogP contribution in [0.15, 0.2) is 0 Å². The van der Waals surface area contributed by atoms with Crippen LogP contribution >= 0.6 is 34.8 Å². The summed E-state index contributed by atoms with van der Waals surface area (Å²) < 4.78 is 88.6. The molecule has 0 saturated carbocycles. The number of amides is 1. The van der Waals surface area contributed by atoms with Crippen molar-refractivity contribution in [2.45, 2.75) is 171 Å². The van der Waals surface area contributed by atoms with Crippen molar-refractivity contribution in [1.29, 1.82) is 5.41 Å². The van der Waals surface area contributed by atoms with E-state index in [0.29, 0.717) is 0 Å². The fourth-order valence-electron chi connectivity index (χ4n) is 7.81. The molecule has 3 heterocycles. The van der Waals surface area contributed by atoms with E-state index < -0.39 is 193 Å². The van der Waals surface area contributed by atoms with Crippen LogP contribution in [-0.4, -0.2) is 194 Å². The predicted molar refractivity (Wildman–Crippen MR) is 241 cm³/mol. The molecular weight excluding hydrogens is 1080 g/mol. The highest BCUT2D eigenvalue weighted by Crippen LogP contribution is 2.42. The predicted octanol–water partition coefficient (Wildman–Crippen LogP) is 0.0131. The maximum absolute atomic E-state index is 14.6. The summed E-state index contributed by atoms with van der Waals surface area (Å²) in [6.07, 6.45) is -26.4. The molecule has 0 aromatic heterocycles. The van der Waals surface area contributed by atoms with E-state index in [2.05, 4.69) is 5.32 Å². The van der Waals surface area contributed by atoms with Crippen LogP contribution in [0.2, 0.25) is 0 Å². The first-order valence-corrected chi connectivity index (χ1v) is 23.4. The van der Waals surface area contributed by atoms with Gasteiger partial charge in [0.15, 0.2) is 36.8 Å². The number of carbonyl (C=O) groups excluding carboxylic acids is 11. The smallest absolute Gasteiger partial charge is 0.366 e. The van der Waals surface area contributed by atoms with E-state index >= 15 is 0 Å². The molecule has 1 unspecified atom stereocenters. The van der Waals surface area contributed by atoms with E-state index in [1.165, 1.54) is 0 Å². The first kappa shape index (κ1) is 63.6. The summed E-state index contributed by atoms with van der Waals surface area (Å²) in [6.45, 7) is 6.92. The zero-order valence-electron chi connectivity index (χ0n) is 42.1. The Balaban J connectivity index is 2.45. The molecule has 75 heavy (non-hydrogen) atoms. The molecule has 0 bridgehead atoms. The average molecular weight is 1140 g/mol. The number of halogens is 3. The fourth-order valence-corrected chi connectivity index (χ4v) is 7.95. The van der Waals surface area contributed by atoms with Gasteiger partial charge in [-0.15, -0.1) is 0 Å². The highest BCUT2D eigenvalue weighted by Gasteiger charge is 2.64. The Hall–Kier alpha value is -5.69. The molecule has 2 N–H and O–H groups in total. The molecule has 3 fully saturated rings. The quantitative estimate of drug-likeness (QED) is 0.0533. The van der Waals surface area contributed by atoms with Crippen LogP contribution in [0.25, 0.3) is 0 Å². The molecule has 0 aromatic carbocycles. The van der Waals surface area contributed by atoms with E-state index in [1.54, 1.807) is 0 Å². The first-order valence-electron chi connectivity index (χ1n) is 22.2. The van der Waals surface area contributed by atoms with Gasteiger partial charge in [0.05, 0.1) is 26.2 Å². The van der Waals surface area contributed by atoms with Gasteiger partial charge in [0.1, 0.15) is 43.7 Å². The Bertz CT molecular complexity index is 2160. The number of hydrogen-bond acceptors (Lipinski definition) is 28. The summed E-state index contributed by atoms with van der Waals surface area (Å²) in [4.78, 5) is 142. The van der Waals surface area contributed by atoms with E-state index in [0.717, 1.165) is 76.3 Å². The number of alkyl halides is 3. The lowest BCUT2D eigenvalue weighted by molar-refractivity contribution is -0.380. The second-order valence-corrected chi connectivity index (χ2v) is 18.8. The number of carbonyl (C=O) groups is 11. The van der Waals surface area contributed by atoms with Crippen molar-refractivity contribution >= 4 is 106 Å². The minimum Gasteiger partial charge on any atom is -0.465 e. The second-order valence-electron chi connectivity index (χ2n) is 16.5. The molecule has 0 spiro atoms. The molecule has 32 heteroatoms. The Morgan fingerprint density at radius 3 is 1.63 bits per heavy atom. The Morgan fingerprint density at radius 1 is 0.627 bits per heavy atom. The highest BCUT2D eigenvalue weighted by atomic mass is 35.6. The number of methoxy groups -OCH3 is 1. The average Bonchev–Trinajstić information content (AvgIpc) is 3.26. The largest absolute Gasteiger partial charge is 0.465 e. The van der Waals surface area contributed by atoms with Crippen molar-refractivity contribution in [3.63, 3.8) is 0 Å². The molecule has 0 aliphatic carbocycles. The number of hydrogen-bond donors (Lipinski definition) is 2. The zero-order valence-corrected chi connectivity index (χ0v) is 44.3. The third-order valence-electron chi connectivity index (χ3n) is 10.3. The van der Waals surface area contributed by atoms with Gasteiger partial charge >= 0.3 is 59.7 Å². The second kappa shape index (κ2) is 27.9. The van der Waals surface area contributed by atoms with Gasteiger partial charge in [-0.3, -0.25) is 53.4 Å². The van der Waals surface area contributed by atoms with Gasteiger partial charge in [-0.05, 0) is 0 Å². The molecule has 15 atom stereocenters. The fraction of sp³-hybridized carbons (Fsp3) is 0.721. The van der Waals surface area contributed by atoms with E-state index in [1.807, 2.05) is 0 Å². The van der Waals surface area contributed by atoms with Crippen molar-refractivity contribution in [3.8, 4) is 0 Å². The maximum atomic E-state index is 14.6. The highest BCUT2D eigenvalue weighted by molar-refractivity contribution is 6.76. The van der Waals surface area contributed by atoms with Crippen molar-refractivity contribution in [3.05, 3.63) is 0 Å². The molecular formula is C43H57Cl3N2O27. The van der Waals surface area contributed by atoms with Crippen LogP contribution in [0, 0.1) is 5.41 Å². The minimum atomic E-state index is -3.13. The maximum Gasteiger partial charge on any atom is 0.366 e. The van der Waals surface area contributed by atoms with Gasteiger partial charge in [-0.2, -0.15) is 0 Å². The summed E-state index contributed by atoms with van der Waals surface area (Å²) in [5.41, 5.74) is 0.